The van der Waals surface area contributed by atoms with Crippen molar-refractivity contribution in [3.05, 3.63) is 35.4 Å². The summed E-state index contributed by atoms with van der Waals surface area (Å²) in [5.74, 6) is 0.0127. The topological polar surface area (TPSA) is 55.6 Å². The molecule has 0 fully saturated rings. The lowest BCUT2D eigenvalue weighted by Crippen LogP contribution is -2.43. The van der Waals surface area contributed by atoms with E-state index < -0.39 is 6.10 Å². The maximum absolute atomic E-state index is 12.6. The second-order valence-electron chi connectivity index (χ2n) is 6.26. The molecule has 0 aliphatic carbocycles. The van der Waals surface area contributed by atoms with Crippen LogP contribution in [0.2, 0.25) is 0 Å². The predicted molar refractivity (Wildman–Crippen MR) is 79.3 cm³/mol. The van der Waals surface area contributed by atoms with Gasteiger partial charge in [0, 0.05) is 13.6 Å². The summed E-state index contributed by atoms with van der Waals surface area (Å²) in [6.07, 6.45) is 0.399. The number of carbonyl (C=O) groups excluding carboxylic acids is 1. The number of hydrogen-bond donors (Lipinski definition) is 1. The highest BCUT2D eigenvalue weighted by molar-refractivity contribution is 5.82. The van der Waals surface area contributed by atoms with Gasteiger partial charge < -0.3 is 15.4 Å². The molecule has 0 spiro atoms. The molecule has 0 bridgehead atoms. The van der Waals surface area contributed by atoms with Crippen molar-refractivity contribution in [2.24, 2.45) is 11.1 Å². The number of likely N-dealkylation sites (N-methyl/N-ethyl adjacent to an activating group) is 1. The third-order valence-corrected chi connectivity index (χ3v) is 3.81. The van der Waals surface area contributed by atoms with E-state index in [1.165, 1.54) is 5.56 Å². The van der Waals surface area contributed by atoms with Crippen molar-refractivity contribution >= 4 is 5.91 Å². The zero-order valence-electron chi connectivity index (χ0n) is 12.6. The van der Waals surface area contributed by atoms with Crippen LogP contribution < -0.4 is 5.73 Å². The SMILES string of the molecule is CN(CC(C)(C)CN)C(=O)C1OCCc2ccccc21. The molecule has 4 nitrogen and oxygen atoms in total. The Kier molecular flexibility index (Phi) is 4.45. The molecule has 1 aromatic carbocycles. The van der Waals surface area contributed by atoms with Crippen LogP contribution in [0.15, 0.2) is 24.3 Å². The molecule has 0 saturated heterocycles. The van der Waals surface area contributed by atoms with Gasteiger partial charge in [-0.2, -0.15) is 0 Å². The van der Waals surface area contributed by atoms with Gasteiger partial charge in [-0.15, -0.1) is 0 Å². The molecule has 0 aromatic heterocycles. The third-order valence-electron chi connectivity index (χ3n) is 3.81. The lowest BCUT2D eigenvalue weighted by Gasteiger charge is -2.33. The van der Waals surface area contributed by atoms with E-state index in [0.717, 1.165) is 12.0 Å². The highest BCUT2D eigenvalue weighted by atomic mass is 16.5. The summed E-state index contributed by atoms with van der Waals surface area (Å²) in [6, 6.07) is 8.02. The first-order chi connectivity index (χ1) is 9.44. The number of rotatable bonds is 4. The van der Waals surface area contributed by atoms with E-state index in [1.807, 2.05) is 25.2 Å². The lowest BCUT2D eigenvalue weighted by molar-refractivity contribution is -0.145. The van der Waals surface area contributed by atoms with Gasteiger partial charge in [0.25, 0.3) is 5.91 Å². The zero-order valence-corrected chi connectivity index (χ0v) is 12.6. The highest BCUT2D eigenvalue weighted by Crippen LogP contribution is 2.29. The molecule has 0 saturated carbocycles. The molecule has 1 heterocycles. The van der Waals surface area contributed by atoms with Gasteiger partial charge in [0.1, 0.15) is 0 Å². The summed E-state index contributed by atoms with van der Waals surface area (Å²) >= 11 is 0. The van der Waals surface area contributed by atoms with Crippen LogP contribution in [0.4, 0.5) is 0 Å². The van der Waals surface area contributed by atoms with Crippen molar-refractivity contribution in [2.75, 3.05) is 26.7 Å². The molecule has 2 N–H and O–H groups in total. The Morgan fingerprint density at radius 2 is 2.15 bits per heavy atom. The fourth-order valence-electron chi connectivity index (χ4n) is 2.58. The van der Waals surface area contributed by atoms with Crippen LogP contribution in [0.3, 0.4) is 0 Å². The summed E-state index contributed by atoms with van der Waals surface area (Å²) in [5.41, 5.74) is 7.87. The number of nitrogens with zero attached hydrogens (tertiary/aromatic N) is 1. The molecule has 1 unspecified atom stereocenters. The van der Waals surface area contributed by atoms with Gasteiger partial charge in [-0.05, 0) is 29.5 Å². The molecule has 2 rings (SSSR count). The van der Waals surface area contributed by atoms with E-state index in [9.17, 15) is 4.79 Å². The Bertz CT molecular complexity index is 485. The fraction of sp³-hybridized carbons (Fsp3) is 0.562. The molecule has 1 aliphatic rings. The average Bonchev–Trinajstić information content (AvgIpc) is 2.45. The van der Waals surface area contributed by atoms with Crippen molar-refractivity contribution in [2.45, 2.75) is 26.4 Å². The van der Waals surface area contributed by atoms with Gasteiger partial charge >= 0.3 is 0 Å². The number of carbonyl (C=O) groups is 1. The summed E-state index contributed by atoms with van der Waals surface area (Å²) in [5, 5.41) is 0. The average molecular weight is 276 g/mol. The monoisotopic (exact) mass is 276 g/mol. The first-order valence-electron chi connectivity index (χ1n) is 7.09. The van der Waals surface area contributed by atoms with Crippen molar-refractivity contribution in [3.8, 4) is 0 Å². The maximum atomic E-state index is 12.6. The first-order valence-corrected chi connectivity index (χ1v) is 7.09. The molecule has 1 amide bonds. The molecular weight excluding hydrogens is 252 g/mol. The summed E-state index contributed by atoms with van der Waals surface area (Å²) in [7, 11) is 1.82. The van der Waals surface area contributed by atoms with Gasteiger partial charge in [0.15, 0.2) is 6.10 Å². The molecule has 0 radical (unpaired) electrons. The first kappa shape index (κ1) is 15.0. The quantitative estimate of drug-likeness (QED) is 0.911. The predicted octanol–water partition coefficient (Wildman–Crippen LogP) is 1.74. The Hall–Kier alpha value is -1.39. The Labute approximate surface area is 120 Å². The van der Waals surface area contributed by atoms with Crippen LogP contribution in [0.5, 0.6) is 0 Å². The molecule has 110 valence electrons. The summed E-state index contributed by atoms with van der Waals surface area (Å²) < 4.78 is 5.71. The standard InChI is InChI=1S/C16H24N2O2/c1-16(2,10-17)11-18(3)15(19)14-13-7-5-4-6-12(13)8-9-20-14/h4-7,14H,8-11,17H2,1-3H3. The summed E-state index contributed by atoms with van der Waals surface area (Å²) in [4.78, 5) is 14.4. The van der Waals surface area contributed by atoms with Crippen LogP contribution in [0, 0.1) is 5.41 Å². The van der Waals surface area contributed by atoms with Gasteiger partial charge in [-0.25, -0.2) is 0 Å². The minimum absolute atomic E-state index is 0.0127. The molecule has 1 aliphatic heterocycles. The Morgan fingerprint density at radius 3 is 2.85 bits per heavy atom. The second kappa shape index (κ2) is 5.94. The minimum Gasteiger partial charge on any atom is -0.363 e. The van der Waals surface area contributed by atoms with Crippen LogP contribution in [0.1, 0.15) is 31.1 Å². The minimum atomic E-state index is -0.474. The molecular formula is C16H24N2O2. The van der Waals surface area contributed by atoms with Gasteiger partial charge in [0.05, 0.1) is 6.61 Å². The number of nitrogens with two attached hydrogens (primary N) is 1. The van der Waals surface area contributed by atoms with Crippen LogP contribution >= 0.6 is 0 Å². The third kappa shape index (κ3) is 3.19. The van der Waals surface area contributed by atoms with Gasteiger partial charge in [0.2, 0.25) is 0 Å². The molecule has 4 heteroatoms. The van der Waals surface area contributed by atoms with E-state index in [0.29, 0.717) is 19.7 Å². The van der Waals surface area contributed by atoms with Crippen LogP contribution in [-0.4, -0.2) is 37.6 Å². The van der Waals surface area contributed by atoms with E-state index in [1.54, 1.807) is 4.90 Å². The van der Waals surface area contributed by atoms with E-state index in [4.69, 9.17) is 10.5 Å². The van der Waals surface area contributed by atoms with Crippen molar-refractivity contribution in [1.82, 2.24) is 4.90 Å². The second-order valence-corrected chi connectivity index (χ2v) is 6.26. The van der Waals surface area contributed by atoms with E-state index >= 15 is 0 Å². The van der Waals surface area contributed by atoms with Gasteiger partial charge in [-0.3, -0.25) is 4.79 Å². The molecule has 20 heavy (non-hydrogen) atoms. The van der Waals surface area contributed by atoms with E-state index in [-0.39, 0.29) is 11.3 Å². The van der Waals surface area contributed by atoms with Gasteiger partial charge in [-0.1, -0.05) is 38.1 Å². The number of hydrogen-bond acceptors (Lipinski definition) is 3. The van der Waals surface area contributed by atoms with Crippen molar-refractivity contribution < 1.29 is 9.53 Å². The largest absolute Gasteiger partial charge is 0.363 e. The van der Waals surface area contributed by atoms with E-state index in [2.05, 4.69) is 19.9 Å². The fourth-order valence-corrected chi connectivity index (χ4v) is 2.58. The van der Waals surface area contributed by atoms with Crippen molar-refractivity contribution in [3.63, 3.8) is 0 Å². The maximum Gasteiger partial charge on any atom is 0.256 e. The summed E-state index contributed by atoms with van der Waals surface area (Å²) in [6.45, 7) is 5.90. The number of amides is 1. The van der Waals surface area contributed by atoms with Crippen LogP contribution in [-0.2, 0) is 16.0 Å². The number of benzene rings is 1. The lowest BCUT2D eigenvalue weighted by atomic mass is 9.92. The van der Waals surface area contributed by atoms with Crippen LogP contribution in [0.25, 0.3) is 0 Å². The normalized spacial score (nSPS) is 18.5. The highest BCUT2D eigenvalue weighted by Gasteiger charge is 2.31. The smallest absolute Gasteiger partial charge is 0.256 e. The Balaban J connectivity index is 2.14. The molecule has 1 aromatic rings. The number of fused-ring (bicyclic) bond motifs is 1. The number of ether oxygens (including phenoxy) is 1. The zero-order chi connectivity index (χ0) is 14.8. The molecule has 1 atom stereocenters. The van der Waals surface area contributed by atoms with Crippen molar-refractivity contribution in [1.29, 1.82) is 0 Å². The Morgan fingerprint density at radius 1 is 1.45 bits per heavy atom.